The van der Waals surface area contributed by atoms with Crippen molar-refractivity contribution in [1.29, 1.82) is 0 Å². The van der Waals surface area contributed by atoms with Crippen LogP contribution < -0.4 is 0 Å². The molecule has 3 nitrogen and oxygen atoms in total. The van der Waals surface area contributed by atoms with Crippen molar-refractivity contribution in [2.45, 2.75) is 31.7 Å². The molecule has 0 amide bonds. The van der Waals surface area contributed by atoms with Gasteiger partial charge in [0, 0.05) is 6.54 Å². The highest BCUT2D eigenvalue weighted by Crippen LogP contribution is 2.38. The van der Waals surface area contributed by atoms with Crippen molar-refractivity contribution in [3.63, 3.8) is 0 Å². The number of rotatable bonds is 2. The molecule has 1 aromatic heterocycles. The number of piperidine rings is 3. The number of aromatic nitrogens is 2. The highest BCUT2D eigenvalue weighted by atomic mass is 35.5. The van der Waals surface area contributed by atoms with Crippen molar-refractivity contribution >= 4 is 22.6 Å². The molecule has 2 bridgehead atoms. The molecule has 1 aromatic carbocycles. The van der Waals surface area contributed by atoms with Crippen LogP contribution in [0, 0.1) is 12.8 Å². The predicted octanol–water partition coefficient (Wildman–Crippen LogP) is 3.35. The number of para-hydroxylation sites is 1. The molecule has 3 aliphatic heterocycles. The lowest BCUT2D eigenvalue weighted by Crippen LogP contribution is -2.48. The second kappa shape index (κ2) is 4.74. The summed E-state index contributed by atoms with van der Waals surface area (Å²) in [4.78, 5) is 7.39. The van der Waals surface area contributed by atoms with E-state index in [9.17, 15) is 0 Å². The molecule has 4 heteroatoms. The van der Waals surface area contributed by atoms with E-state index >= 15 is 0 Å². The molecular formula is C16H20ClN3. The molecule has 0 spiro atoms. The monoisotopic (exact) mass is 289 g/mol. The Morgan fingerprint density at radius 3 is 2.75 bits per heavy atom. The van der Waals surface area contributed by atoms with Gasteiger partial charge in [-0.2, -0.15) is 0 Å². The van der Waals surface area contributed by atoms with Gasteiger partial charge in [0.1, 0.15) is 5.82 Å². The Hall–Kier alpha value is -1.06. The third-order valence-corrected chi connectivity index (χ3v) is 5.31. The van der Waals surface area contributed by atoms with E-state index in [1.807, 2.05) is 0 Å². The van der Waals surface area contributed by atoms with Crippen LogP contribution in [0.1, 0.15) is 30.3 Å². The largest absolute Gasteiger partial charge is 0.322 e. The van der Waals surface area contributed by atoms with Crippen LogP contribution in [-0.4, -0.2) is 34.1 Å². The van der Waals surface area contributed by atoms with E-state index in [0.29, 0.717) is 11.9 Å². The number of fused-ring (bicyclic) bond motifs is 4. The average molecular weight is 290 g/mol. The van der Waals surface area contributed by atoms with E-state index in [4.69, 9.17) is 16.6 Å². The summed E-state index contributed by atoms with van der Waals surface area (Å²) in [6.07, 6.45) is 2.63. The standard InChI is InChI=1S/C16H20ClN3/c1-11-3-2-4-13-16(11)18-15(9-17)20(13)14-10-19-7-5-12(14)6-8-19/h2-4,12,14H,5-10H2,1H3. The number of aryl methyl sites for hydroxylation is 1. The van der Waals surface area contributed by atoms with Gasteiger partial charge in [0.05, 0.1) is 23.0 Å². The highest BCUT2D eigenvalue weighted by Gasteiger charge is 2.36. The van der Waals surface area contributed by atoms with Gasteiger partial charge in [0.2, 0.25) is 0 Å². The zero-order valence-electron chi connectivity index (χ0n) is 11.8. The SMILES string of the molecule is Cc1cccc2c1nc(CCl)n2C1CN2CCC1CC2. The quantitative estimate of drug-likeness (QED) is 0.791. The molecule has 1 atom stereocenters. The summed E-state index contributed by atoms with van der Waals surface area (Å²) in [6, 6.07) is 7.02. The molecule has 0 N–H and O–H groups in total. The third kappa shape index (κ3) is 1.80. The van der Waals surface area contributed by atoms with Gasteiger partial charge in [-0.3, -0.25) is 0 Å². The Bertz CT molecular complexity index is 640. The van der Waals surface area contributed by atoms with Gasteiger partial charge in [-0.25, -0.2) is 4.98 Å². The molecule has 20 heavy (non-hydrogen) atoms. The average Bonchev–Trinajstić information content (AvgIpc) is 2.88. The van der Waals surface area contributed by atoms with E-state index in [2.05, 4.69) is 34.6 Å². The summed E-state index contributed by atoms with van der Waals surface area (Å²) in [7, 11) is 0. The van der Waals surface area contributed by atoms with Crippen molar-refractivity contribution < 1.29 is 0 Å². The second-order valence-electron chi connectivity index (χ2n) is 6.18. The summed E-state index contributed by atoms with van der Waals surface area (Å²) in [5.41, 5.74) is 3.63. The van der Waals surface area contributed by atoms with Crippen molar-refractivity contribution in [2.24, 2.45) is 5.92 Å². The second-order valence-corrected chi connectivity index (χ2v) is 6.45. The number of benzene rings is 1. The van der Waals surface area contributed by atoms with Crippen molar-refractivity contribution in [2.75, 3.05) is 19.6 Å². The van der Waals surface area contributed by atoms with Gasteiger partial charge in [0.15, 0.2) is 0 Å². The Morgan fingerprint density at radius 1 is 1.30 bits per heavy atom. The lowest BCUT2D eigenvalue weighted by atomic mass is 9.83. The maximum atomic E-state index is 6.18. The first-order chi connectivity index (χ1) is 9.78. The summed E-state index contributed by atoms with van der Waals surface area (Å²) in [6.45, 7) is 5.83. The molecule has 0 saturated carbocycles. The first kappa shape index (κ1) is 12.7. The zero-order chi connectivity index (χ0) is 13.7. The molecule has 3 saturated heterocycles. The fraction of sp³-hybridized carbons (Fsp3) is 0.562. The maximum Gasteiger partial charge on any atom is 0.125 e. The lowest BCUT2D eigenvalue weighted by Gasteiger charge is -2.45. The minimum atomic E-state index is 0.497. The van der Waals surface area contributed by atoms with Crippen molar-refractivity contribution in [1.82, 2.24) is 14.5 Å². The maximum absolute atomic E-state index is 6.18. The first-order valence-corrected chi connectivity index (χ1v) is 8.06. The van der Waals surface area contributed by atoms with Gasteiger partial charge in [-0.15, -0.1) is 11.6 Å². The van der Waals surface area contributed by atoms with E-state index < -0.39 is 0 Å². The molecular weight excluding hydrogens is 270 g/mol. The van der Waals surface area contributed by atoms with E-state index in [-0.39, 0.29) is 0 Å². The molecule has 2 aromatic rings. The van der Waals surface area contributed by atoms with E-state index in [1.165, 1.54) is 37.0 Å². The Labute approximate surface area is 124 Å². The van der Waals surface area contributed by atoms with Crippen LogP contribution in [0.25, 0.3) is 11.0 Å². The number of imidazole rings is 1. The van der Waals surface area contributed by atoms with E-state index in [1.54, 1.807) is 0 Å². The minimum absolute atomic E-state index is 0.497. The summed E-state index contributed by atoms with van der Waals surface area (Å²) >= 11 is 6.18. The van der Waals surface area contributed by atoms with Gasteiger partial charge in [-0.1, -0.05) is 12.1 Å². The topological polar surface area (TPSA) is 21.1 Å². The zero-order valence-corrected chi connectivity index (χ0v) is 12.6. The third-order valence-electron chi connectivity index (χ3n) is 5.07. The number of nitrogens with zero attached hydrogens (tertiary/aromatic N) is 3. The van der Waals surface area contributed by atoms with Crippen LogP contribution in [0.2, 0.25) is 0 Å². The Morgan fingerprint density at radius 2 is 2.10 bits per heavy atom. The Kier molecular flexibility index (Phi) is 3.00. The molecule has 3 aliphatic rings. The van der Waals surface area contributed by atoms with Crippen LogP contribution in [0.4, 0.5) is 0 Å². The van der Waals surface area contributed by atoms with Crippen LogP contribution in [-0.2, 0) is 5.88 Å². The highest BCUT2D eigenvalue weighted by molar-refractivity contribution is 6.16. The van der Waals surface area contributed by atoms with E-state index in [0.717, 1.165) is 23.8 Å². The van der Waals surface area contributed by atoms with Crippen molar-refractivity contribution in [3.8, 4) is 0 Å². The number of alkyl halides is 1. The lowest BCUT2D eigenvalue weighted by molar-refractivity contribution is 0.0578. The summed E-state index contributed by atoms with van der Waals surface area (Å²) < 4.78 is 2.44. The first-order valence-electron chi connectivity index (χ1n) is 7.52. The smallest absolute Gasteiger partial charge is 0.125 e. The van der Waals surface area contributed by atoms with Gasteiger partial charge in [0.25, 0.3) is 0 Å². The number of hydrogen-bond acceptors (Lipinski definition) is 2. The molecule has 4 heterocycles. The van der Waals surface area contributed by atoms with Crippen LogP contribution >= 0.6 is 11.6 Å². The van der Waals surface area contributed by atoms with Crippen LogP contribution in [0.5, 0.6) is 0 Å². The van der Waals surface area contributed by atoms with Gasteiger partial charge >= 0.3 is 0 Å². The van der Waals surface area contributed by atoms with Gasteiger partial charge in [-0.05, 0) is 50.4 Å². The van der Waals surface area contributed by atoms with Crippen molar-refractivity contribution in [3.05, 3.63) is 29.6 Å². The fourth-order valence-corrected chi connectivity index (χ4v) is 4.18. The molecule has 0 radical (unpaired) electrons. The normalized spacial score (nSPS) is 29.2. The van der Waals surface area contributed by atoms with Gasteiger partial charge < -0.3 is 9.47 Å². The fourth-order valence-electron chi connectivity index (χ4n) is 4.00. The van der Waals surface area contributed by atoms with Crippen LogP contribution in [0.3, 0.4) is 0 Å². The predicted molar refractivity (Wildman–Crippen MR) is 82.2 cm³/mol. The minimum Gasteiger partial charge on any atom is -0.322 e. The molecule has 0 aliphatic carbocycles. The summed E-state index contributed by atoms with van der Waals surface area (Å²) in [5.74, 6) is 2.33. The summed E-state index contributed by atoms with van der Waals surface area (Å²) in [5, 5.41) is 0. The number of halogens is 1. The molecule has 3 fully saturated rings. The Balaban J connectivity index is 1.88. The molecule has 106 valence electrons. The van der Waals surface area contributed by atoms with Crippen LogP contribution in [0.15, 0.2) is 18.2 Å². The molecule has 5 rings (SSSR count). The number of hydrogen-bond donors (Lipinski definition) is 0. The molecule has 1 unspecified atom stereocenters.